The van der Waals surface area contributed by atoms with Crippen molar-refractivity contribution >= 4 is 16.9 Å². The summed E-state index contributed by atoms with van der Waals surface area (Å²) >= 11 is 0. The lowest BCUT2D eigenvalue weighted by Gasteiger charge is -2.06. The third-order valence-corrected chi connectivity index (χ3v) is 3.45. The Bertz CT molecular complexity index is 820. The van der Waals surface area contributed by atoms with E-state index in [4.69, 9.17) is 18.6 Å². The van der Waals surface area contributed by atoms with Gasteiger partial charge in [0.15, 0.2) is 5.75 Å². The molecule has 0 radical (unpaired) electrons. The molecule has 1 heterocycles. The summed E-state index contributed by atoms with van der Waals surface area (Å²) in [6.45, 7) is 0.325. The van der Waals surface area contributed by atoms with Crippen molar-refractivity contribution in [2.24, 2.45) is 0 Å². The lowest BCUT2D eigenvalue weighted by molar-refractivity contribution is 0.0560. The molecule has 0 amide bonds. The lowest BCUT2D eigenvalue weighted by atomic mass is 10.2. The van der Waals surface area contributed by atoms with E-state index in [2.05, 4.69) is 0 Å². The molecule has 5 nitrogen and oxygen atoms in total. The van der Waals surface area contributed by atoms with Gasteiger partial charge in [0.2, 0.25) is 0 Å². The Hall–Kier alpha value is -2.95. The minimum Gasteiger partial charge on any atom is -0.497 e. The van der Waals surface area contributed by atoms with Gasteiger partial charge in [-0.15, -0.1) is 0 Å². The van der Waals surface area contributed by atoms with Crippen LogP contribution >= 0.6 is 0 Å². The van der Waals surface area contributed by atoms with Crippen molar-refractivity contribution in [2.75, 3.05) is 14.2 Å². The minimum absolute atomic E-state index is 0.0479. The summed E-state index contributed by atoms with van der Waals surface area (Å²) in [7, 11) is 2.87. The average molecular weight is 312 g/mol. The number of hydrogen-bond acceptors (Lipinski definition) is 5. The molecule has 0 aliphatic heterocycles. The predicted molar refractivity (Wildman–Crippen MR) is 84.9 cm³/mol. The number of fused-ring (bicyclic) bond motifs is 1. The van der Waals surface area contributed by atoms with E-state index in [1.54, 1.807) is 25.3 Å². The monoisotopic (exact) mass is 312 g/mol. The summed E-state index contributed by atoms with van der Waals surface area (Å²) in [4.78, 5) is 11.9. The summed E-state index contributed by atoms with van der Waals surface area (Å²) in [5.74, 6) is 0.477. The molecule has 0 saturated carbocycles. The summed E-state index contributed by atoms with van der Waals surface area (Å²) in [6, 6.07) is 15.0. The number of rotatable bonds is 5. The van der Waals surface area contributed by atoms with E-state index >= 15 is 0 Å². The predicted octanol–water partition coefficient (Wildman–Crippen LogP) is 3.81. The van der Waals surface area contributed by atoms with E-state index in [9.17, 15) is 4.79 Å². The van der Waals surface area contributed by atoms with Crippen LogP contribution in [0.25, 0.3) is 11.0 Å². The average Bonchev–Trinajstić information content (AvgIpc) is 2.97. The van der Waals surface area contributed by atoms with Crippen molar-refractivity contribution in [1.82, 2.24) is 0 Å². The van der Waals surface area contributed by atoms with Gasteiger partial charge in [-0.05, 0) is 17.7 Å². The SMILES string of the molecule is COC(=O)c1oc2cc(OC)ccc2c1OCc1ccccc1. The number of methoxy groups -OCH3 is 2. The van der Waals surface area contributed by atoms with Gasteiger partial charge < -0.3 is 18.6 Å². The molecular weight excluding hydrogens is 296 g/mol. The second-order valence-corrected chi connectivity index (χ2v) is 4.89. The van der Waals surface area contributed by atoms with Gasteiger partial charge in [0.1, 0.15) is 17.9 Å². The summed E-state index contributed by atoms with van der Waals surface area (Å²) in [5, 5.41) is 0.696. The van der Waals surface area contributed by atoms with Gasteiger partial charge in [0.05, 0.1) is 19.6 Å². The molecular formula is C18H16O5. The Morgan fingerprint density at radius 1 is 1.09 bits per heavy atom. The Balaban J connectivity index is 2.00. The van der Waals surface area contributed by atoms with Gasteiger partial charge in [0, 0.05) is 6.07 Å². The molecule has 2 aromatic carbocycles. The standard InChI is InChI=1S/C18H16O5/c1-20-13-8-9-14-15(10-13)23-17(18(19)21-2)16(14)22-11-12-6-4-3-5-7-12/h3-10H,11H2,1-2H3. The number of carbonyl (C=O) groups is 1. The molecule has 3 aromatic rings. The van der Waals surface area contributed by atoms with E-state index in [0.717, 1.165) is 5.56 Å². The zero-order valence-electron chi connectivity index (χ0n) is 12.9. The third-order valence-electron chi connectivity index (χ3n) is 3.45. The van der Waals surface area contributed by atoms with Crippen LogP contribution in [0.2, 0.25) is 0 Å². The van der Waals surface area contributed by atoms with Crippen LogP contribution in [0.3, 0.4) is 0 Å². The van der Waals surface area contributed by atoms with Crippen molar-refractivity contribution in [2.45, 2.75) is 6.61 Å². The maximum absolute atomic E-state index is 11.9. The number of hydrogen-bond donors (Lipinski definition) is 0. The quantitative estimate of drug-likeness (QED) is 0.671. The molecule has 118 valence electrons. The number of carbonyl (C=O) groups excluding carboxylic acids is 1. The van der Waals surface area contributed by atoms with Crippen molar-refractivity contribution in [3.8, 4) is 11.5 Å². The number of benzene rings is 2. The van der Waals surface area contributed by atoms with Crippen molar-refractivity contribution in [1.29, 1.82) is 0 Å². The van der Waals surface area contributed by atoms with Crippen LogP contribution < -0.4 is 9.47 Å². The van der Waals surface area contributed by atoms with Crippen LogP contribution in [0.4, 0.5) is 0 Å². The highest BCUT2D eigenvalue weighted by molar-refractivity contribution is 5.99. The van der Waals surface area contributed by atoms with Gasteiger partial charge in [-0.2, -0.15) is 0 Å². The van der Waals surface area contributed by atoms with Gasteiger partial charge in [-0.3, -0.25) is 0 Å². The highest BCUT2D eigenvalue weighted by Gasteiger charge is 2.23. The van der Waals surface area contributed by atoms with E-state index in [1.165, 1.54) is 7.11 Å². The van der Waals surface area contributed by atoms with E-state index in [-0.39, 0.29) is 5.76 Å². The molecule has 5 heteroatoms. The van der Waals surface area contributed by atoms with Crippen LogP contribution in [0.1, 0.15) is 16.1 Å². The topological polar surface area (TPSA) is 57.9 Å². The van der Waals surface area contributed by atoms with Crippen molar-refractivity contribution in [3.05, 3.63) is 59.9 Å². The van der Waals surface area contributed by atoms with Crippen LogP contribution in [0.5, 0.6) is 11.5 Å². The van der Waals surface area contributed by atoms with Crippen LogP contribution in [0.15, 0.2) is 52.9 Å². The molecule has 0 saturated heterocycles. The van der Waals surface area contributed by atoms with Gasteiger partial charge in [0.25, 0.3) is 5.76 Å². The maximum Gasteiger partial charge on any atom is 0.377 e. The molecule has 0 N–H and O–H groups in total. The first-order valence-electron chi connectivity index (χ1n) is 7.08. The second kappa shape index (κ2) is 6.44. The Morgan fingerprint density at radius 3 is 2.57 bits per heavy atom. The number of esters is 1. The van der Waals surface area contributed by atoms with Gasteiger partial charge in [-0.1, -0.05) is 30.3 Å². The lowest BCUT2D eigenvalue weighted by Crippen LogP contribution is -2.03. The summed E-state index contributed by atoms with van der Waals surface area (Å²) < 4.78 is 21.4. The smallest absolute Gasteiger partial charge is 0.377 e. The highest BCUT2D eigenvalue weighted by Crippen LogP contribution is 2.36. The molecule has 0 aliphatic carbocycles. The summed E-state index contributed by atoms with van der Waals surface area (Å²) in [6.07, 6.45) is 0. The van der Waals surface area contributed by atoms with E-state index in [0.29, 0.717) is 29.1 Å². The van der Waals surface area contributed by atoms with Crippen LogP contribution in [-0.2, 0) is 11.3 Å². The molecule has 0 spiro atoms. The van der Waals surface area contributed by atoms with Gasteiger partial charge in [-0.25, -0.2) is 4.79 Å². The fraction of sp³-hybridized carbons (Fsp3) is 0.167. The zero-order valence-corrected chi connectivity index (χ0v) is 12.9. The van der Waals surface area contributed by atoms with Crippen molar-refractivity contribution in [3.63, 3.8) is 0 Å². The Morgan fingerprint density at radius 2 is 1.87 bits per heavy atom. The molecule has 3 rings (SSSR count). The van der Waals surface area contributed by atoms with E-state index in [1.807, 2.05) is 30.3 Å². The molecule has 0 atom stereocenters. The molecule has 23 heavy (non-hydrogen) atoms. The third kappa shape index (κ3) is 2.99. The maximum atomic E-state index is 11.9. The molecule has 0 unspecified atom stereocenters. The number of furan rings is 1. The zero-order chi connectivity index (χ0) is 16.2. The second-order valence-electron chi connectivity index (χ2n) is 4.89. The largest absolute Gasteiger partial charge is 0.497 e. The molecule has 1 aromatic heterocycles. The fourth-order valence-corrected chi connectivity index (χ4v) is 2.28. The molecule has 0 bridgehead atoms. The van der Waals surface area contributed by atoms with Gasteiger partial charge >= 0.3 is 5.97 Å². The van der Waals surface area contributed by atoms with Crippen LogP contribution in [0, 0.1) is 0 Å². The molecule has 0 fully saturated rings. The minimum atomic E-state index is -0.580. The molecule has 0 aliphatic rings. The first-order chi connectivity index (χ1) is 11.2. The highest BCUT2D eigenvalue weighted by atomic mass is 16.5. The Labute approximate surface area is 133 Å². The first kappa shape index (κ1) is 15.0. The van der Waals surface area contributed by atoms with E-state index < -0.39 is 5.97 Å². The summed E-state index contributed by atoms with van der Waals surface area (Å²) in [5.41, 5.74) is 1.50. The fourth-order valence-electron chi connectivity index (χ4n) is 2.28. The Kier molecular flexibility index (Phi) is 4.19. The number of ether oxygens (including phenoxy) is 3. The van der Waals surface area contributed by atoms with Crippen molar-refractivity contribution < 1.29 is 23.4 Å². The van der Waals surface area contributed by atoms with Crippen LogP contribution in [-0.4, -0.2) is 20.2 Å². The first-order valence-corrected chi connectivity index (χ1v) is 7.08. The normalized spacial score (nSPS) is 10.5.